The Morgan fingerprint density at radius 2 is 1.87 bits per heavy atom. The molecule has 0 aliphatic heterocycles. The SMILES string of the molecule is CC(C)=CCC[C@@H](C)[C@H]1CC[C@H]2C3=C(CC[C@]12C)[C@@]1(C)CC[C@H](O)[C@@H](C(=O)O)[C@@H]1CC3. The number of hydrogen-bond donors (Lipinski definition) is 2. The van der Waals surface area contributed by atoms with Crippen LogP contribution in [-0.2, 0) is 4.79 Å². The zero-order chi connectivity index (χ0) is 22.6. The number of aliphatic carboxylic acids is 1. The van der Waals surface area contributed by atoms with Crippen molar-refractivity contribution in [1.29, 1.82) is 0 Å². The van der Waals surface area contributed by atoms with E-state index >= 15 is 0 Å². The Hall–Kier alpha value is -1.09. The molecule has 174 valence electrons. The lowest BCUT2D eigenvalue weighted by Crippen LogP contribution is -2.51. The van der Waals surface area contributed by atoms with Crippen LogP contribution in [0.5, 0.6) is 0 Å². The summed E-state index contributed by atoms with van der Waals surface area (Å²) in [6.45, 7) is 11.8. The predicted octanol–water partition coefficient (Wildman–Crippen LogP) is 6.76. The first-order valence-electron chi connectivity index (χ1n) is 12.9. The van der Waals surface area contributed by atoms with E-state index in [1.807, 2.05) is 0 Å². The lowest BCUT2D eigenvalue weighted by molar-refractivity contribution is -0.156. The molecule has 0 saturated heterocycles. The standard InChI is InChI=1S/C28H44O3/c1-17(2)7-6-8-18(3)20-11-12-21-19-9-10-23-25(26(30)31)24(29)14-16-28(23,5)22(19)13-15-27(20,21)4/h7,18,20-21,23-25,29H,6,8-16H2,1-5H3,(H,30,31)/t18-,20-,21+,23+,24+,25+,27-,28-/m1/s1. The largest absolute Gasteiger partial charge is 0.481 e. The van der Waals surface area contributed by atoms with E-state index in [2.05, 4.69) is 40.7 Å². The van der Waals surface area contributed by atoms with E-state index in [4.69, 9.17) is 0 Å². The Morgan fingerprint density at radius 1 is 1.13 bits per heavy atom. The summed E-state index contributed by atoms with van der Waals surface area (Å²) >= 11 is 0. The molecule has 0 aromatic heterocycles. The van der Waals surface area contributed by atoms with Crippen molar-refractivity contribution in [3.63, 3.8) is 0 Å². The molecule has 2 saturated carbocycles. The van der Waals surface area contributed by atoms with Crippen molar-refractivity contribution in [1.82, 2.24) is 0 Å². The molecule has 0 aromatic rings. The maximum atomic E-state index is 12.0. The van der Waals surface area contributed by atoms with E-state index < -0.39 is 18.0 Å². The van der Waals surface area contributed by atoms with Crippen molar-refractivity contribution in [2.45, 2.75) is 105 Å². The molecular formula is C28H44O3. The van der Waals surface area contributed by atoms with Gasteiger partial charge in [-0.15, -0.1) is 0 Å². The highest BCUT2D eigenvalue weighted by atomic mass is 16.4. The van der Waals surface area contributed by atoms with Gasteiger partial charge in [-0.05, 0) is 113 Å². The van der Waals surface area contributed by atoms with Crippen LogP contribution in [0.25, 0.3) is 0 Å². The van der Waals surface area contributed by atoms with Crippen LogP contribution < -0.4 is 0 Å². The van der Waals surface area contributed by atoms with E-state index in [0.29, 0.717) is 17.8 Å². The van der Waals surface area contributed by atoms with Crippen LogP contribution in [-0.4, -0.2) is 22.3 Å². The molecule has 2 N–H and O–H groups in total. The maximum Gasteiger partial charge on any atom is 0.309 e. The van der Waals surface area contributed by atoms with Crippen LogP contribution in [0.3, 0.4) is 0 Å². The summed E-state index contributed by atoms with van der Waals surface area (Å²) in [6, 6.07) is 0. The van der Waals surface area contributed by atoms with Crippen LogP contribution >= 0.6 is 0 Å². The summed E-state index contributed by atoms with van der Waals surface area (Å²) in [5, 5.41) is 20.3. The third-order valence-corrected chi connectivity index (χ3v) is 10.3. The van der Waals surface area contributed by atoms with E-state index in [-0.39, 0.29) is 11.3 Å². The molecule has 4 aliphatic rings. The normalized spacial score (nSPS) is 43.0. The number of carboxylic acid groups (broad SMARTS) is 1. The number of fused-ring (bicyclic) bond motifs is 4. The second-order valence-corrected chi connectivity index (χ2v) is 12.1. The van der Waals surface area contributed by atoms with Gasteiger partial charge in [0.1, 0.15) is 0 Å². The van der Waals surface area contributed by atoms with Crippen LogP contribution in [0, 0.1) is 40.4 Å². The first-order chi connectivity index (χ1) is 14.6. The van der Waals surface area contributed by atoms with Gasteiger partial charge in [-0.2, -0.15) is 0 Å². The highest BCUT2D eigenvalue weighted by molar-refractivity contribution is 5.72. The second kappa shape index (κ2) is 8.36. The molecule has 3 heteroatoms. The van der Waals surface area contributed by atoms with E-state index in [1.165, 1.54) is 37.7 Å². The second-order valence-electron chi connectivity index (χ2n) is 12.1. The Balaban J connectivity index is 1.59. The molecule has 2 fully saturated rings. The predicted molar refractivity (Wildman–Crippen MR) is 126 cm³/mol. The summed E-state index contributed by atoms with van der Waals surface area (Å²) in [6.07, 6.45) is 12.9. The number of aliphatic hydroxyl groups excluding tert-OH is 1. The van der Waals surface area contributed by atoms with Gasteiger partial charge >= 0.3 is 5.97 Å². The first-order valence-corrected chi connectivity index (χ1v) is 12.9. The van der Waals surface area contributed by atoms with Crippen molar-refractivity contribution in [3.05, 3.63) is 22.8 Å². The zero-order valence-electron chi connectivity index (χ0n) is 20.4. The molecule has 0 spiro atoms. The van der Waals surface area contributed by atoms with Gasteiger partial charge in [0.2, 0.25) is 0 Å². The first kappa shape index (κ1) is 23.1. The number of carbonyl (C=O) groups is 1. The Labute approximate surface area is 189 Å². The molecule has 0 radical (unpaired) electrons. The Kier molecular flexibility index (Phi) is 6.22. The lowest BCUT2D eigenvalue weighted by Gasteiger charge is -2.56. The average molecular weight is 429 g/mol. The minimum absolute atomic E-state index is 0.0235. The molecule has 3 nitrogen and oxygen atoms in total. The monoisotopic (exact) mass is 428 g/mol. The molecule has 0 heterocycles. The van der Waals surface area contributed by atoms with Gasteiger partial charge in [0.15, 0.2) is 0 Å². The van der Waals surface area contributed by atoms with Crippen molar-refractivity contribution in [2.24, 2.45) is 40.4 Å². The summed E-state index contributed by atoms with van der Waals surface area (Å²) in [7, 11) is 0. The van der Waals surface area contributed by atoms with Gasteiger partial charge in [-0.25, -0.2) is 0 Å². The van der Waals surface area contributed by atoms with Crippen molar-refractivity contribution in [3.8, 4) is 0 Å². The van der Waals surface area contributed by atoms with E-state index in [0.717, 1.165) is 37.5 Å². The number of hydrogen-bond acceptors (Lipinski definition) is 2. The van der Waals surface area contributed by atoms with Gasteiger partial charge in [0, 0.05) is 0 Å². The highest BCUT2D eigenvalue weighted by Gasteiger charge is 2.58. The van der Waals surface area contributed by atoms with Gasteiger partial charge in [-0.1, -0.05) is 43.6 Å². The fourth-order valence-corrected chi connectivity index (χ4v) is 8.71. The summed E-state index contributed by atoms with van der Waals surface area (Å²) in [4.78, 5) is 12.0. The van der Waals surface area contributed by atoms with Crippen molar-refractivity contribution in [2.75, 3.05) is 0 Å². The minimum Gasteiger partial charge on any atom is -0.481 e. The molecule has 31 heavy (non-hydrogen) atoms. The number of rotatable bonds is 5. The maximum absolute atomic E-state index is 12.0. The average Bonchev–Trinajstić information content (AvgIpc) is 3.05. The minimum atomic E-state index is -0.792. The number of allylic oxidation sites excluding steroid dienone is 4. The molecule has 4 aliphatic carbocycles. The van der Waals surface area contributed by atoms with Crippen molar-refractivity contribution >= 4 is 5.97 Å². The van der Waals surface area contributed by atoms with Gasteiger partial charge in [0.25, 0.3) is 0 Å². The molecule has 8 atom stereocenters. The third kappa shape index (κ3) is 3.73. The smallest absolute Gasteiger partial charge is 0.309 e. The van der Waals surface area contributed by atoms with Crippen LogP contribution in [0.4, 0.5) is 0 Å². The molecule has 4 rings (SSSR count). The van der Waals surface area contributed by atoms with Gasteiger partial charge < -0.3 is 10.2 Å². The third-order valence-electron chi connectivity index (χ3n) is 10.3. The highest BCUT2D eigenvalue weighted by Crippen LogP contribution is 2.66. The van der Waals surface area contributed by atoms with E-state index in [9.17, 15) is 15.0 Å². The fourth-order valence-electron chi connectivity index (χ4n) is 8.71. The lowest BCUT2D eigenvalue weighted by atomic mass is 9.48. The zero-order valence-corrected chi connectivity index (χ0v) is 20.4. The van der Waals surface area contributed by atoms with Crippen LogP contribution in [0.1, 0.15) is 98.8 Å². The fraction of sp³-hybridized carbons (Fsp3) is 0.821. The molecule has 0 unspecified atom stereocenters. The Bertz CT molecular complexity index is 775. The van der Waals surface area contributed by atoms with Gasteiger partial charge in [0.05, 0.1) is 12.0 Å². The molecule has 0 aromatic carbocycles. The number of carboxylic acids is 1. The van der Waals surface area contributed by atoms with Crippen molar-refractivity contribution < 1.29 is 15.0 Å². The summed E-state index contributed by atoms with van der Waals surface area (Å²) in [5.41, 5.74) is 5.14. The Morgan fingerprint density at radius 3 is 2.55 bits per heavy atom. The summed E-state index contributed by atoms with van der Waals surface area (Å²) in [5.74, 6) is 0.979. The van der Waals surface area contributed by atoms with Crippen LogP contribution in [0.15, 0.2) is 22.8 Å². The molecule has 0 bridgehead atoms. The van der Waals surface area contributed by atoms with Crippen LogP contribution in [0.2, 0.25) is 0 Å². The summed E-state index contributed by atoms with van der Waals surface area (Å²) < 4.78 is 0. The molecule has 0 amide bonds. The quantitative estimate of drug-likeness (QED) is 0.475. The van der Waals surface area contributed by atoms with E-state index in [1.54, 1.807) is 11.1 Å². The topological polar surface area (TPSA) is 57.5 Å². The van der Waals surface area contributed by atoms with Gasteiger partial charge in [-0.3, -0.25) is 4.79 Å². The molecular weight excluding hydrogens is 384 g/mol. The number of aliphatic hydroxyl groups is 1.